The molecule has 2 heterocycles. The van der Waals surface area contributed by atoms with Gasteiger partial charge in [-0.05, 0) is 31.0 Å². The third kappa shape index (κ3) is 3.83. The minimum atomic E-state index is -0.101. The highest BCUT2D eigenvalue weighted by Crippen LogP contribution is 2.16. The number of rotatable bonds is 7. The van der Waals surface area contributed by atoms with Gasteiger partial charge in [0.05, 0.1) is 17.4 Å². The molecule has 7 nitrogen and oxygen atoms in total. The molecule has 1 unspecified atom stereocenters. The topological polar surface area (TPSA) is 81.3 Å². The first-order valence-corrected chi connectivity index (χ1v) is 10.3. The Bertz CT molecular complexity index is 1240. The second-order valence-corrected chi connectivity index (χ2v) is 7.52. The average molecular weight is 403 g/mol. The normalized spacial score (nSPS) is 12.3. The number of benzene rings is 2. The second kappa shape index (κ2) is 8.49. The number of amides is 1. The third-order valence-electron chi connectivity index (χ3n) is 5.35. The number of nitrogens with one attached hydrogen (secondary N) is 1. The molecule has 4 rings (SSSR count). The second-order valence-electron chi connectivity index (χ2n) is 7.52. The monoisotopic (exact) mass is 403 g/mol. The SMILES string of the molecule is CCC(C)NC(=O)CCc1nnc2n(Cc3ccccc3)c(=O)c3ccccc3n12. The zero-order chi connectivity index (χ0) is 21.1. The highest BCUT2D eigenvalue weighted by atomic mass is 16.1. The Morgan fingerprint density at radius 1 is 1.07 bits per heavy atom. The number of hydrogen-bond donors (Lipinski definition) is 1. The van der Waals surface area contributed by atoms with Gasteiger partial charge in [-0.2, -0.15) is 0 Å². The summed E-state index contributed by atoms with van der Waals surface area (Å²) in [6.07, 6.45) is 1.64. The molecule has 0 saturated carbocycles. The smallest absolute Gasteiger partial charge is 0.263 e. The Labute approximate surface area is 174 Å². The summed E-state index contributed by atoms with van der Waals surface area (Å²) in [7, 11) is 0. The predicted molar refractivity (Wildman–Crippen MR) is 117 cm³/mol. The third-order valence-corrected chi connectivity index (χ3v) is 5.35. The summed E-state index contributed by atoms with van der Waals surface area (Å²) in [5.41, 5.74) is 1.66. The molecule has 1 atom stereocenters. The number of carbonyl (C=O) groups is 1. The van der Waals surface area contributed by atoms with Crippen molar-refractivity contribution >= 4 is 22.6 Å². The summed E-state index contributed by atoms with van der Waals surface area (Å²) in [6, 6.07) is 17.4. The van der Waals surface area contributed by atoms with E-state index < -0.39 is 0 Å². The van der Waals surface area contributed by atoms with E-state index in [0.717, 1.165) is 17.5 Å². The van der Waals surface area contributed by atoms with Gasteiger partial charge >= 0.3 is 0 Å². The average Bonchev–Trinajstić information content (AvgIpc) is 3.20. The maximum atomic E-state index is 13.2. The molecular formula is C23H25N5O2. The fraction of sp³-hybridized carbons (Fsp3) is 0.304. The molecule has 2 aromatic heterocycles. The van der Waals surface area contributed by atoms with Gasteiger partial charge in [0.25, 0.3) is 5.56 Å². The van der Waals surface area contributed by atoms with E-state index >= 15 is 0 Å². The largest absolute Gasteiger partial charge is 0.354 e. The van der Waals surface area contributed by atoms with E-state index in [1.807, 2.05) is 72.8 Å². The molecule has 0 bridgehead atoms. The molecular weight excluding hydrogens is 378 g/mol. The lowest BCUT2D eigenvalue weighted by molar-refractivity contribution is -0.121. The summed E-state index contributed by atoms with van der Waals surface area (Å²) in [5.74, 6) is 1.14. The number of para-hydroxylation sites is 1. The van der Waals surface area contributed by atoms with Gasteiger partial charge in [-0.15, -0.1) is 10.2 Å². The molecule has 0 aliphatic rings. The van der Waals surface area contributed by atoms with Crippen LogP contribution in [0.2, 0.25) is 0 Å². The first kappa shape index (κ1) is 19.8. The fourth-order valence-corrected chi connectivity index (χ4v) is 3.56. The summed E-state index contributed by atoms with van der Waals surface area (Å²) < 4.78 is 3.55. The van der Waals surface area contributed by atoms with Gasteiger partial charge < -0.3 is 5.32 Å². The lowest BCUT2D eigenvalue weighted by Gasteiger charge is -2.12. The minimum Gasteiger partial charge on any atom is -0.354 e. The summed E-state index contributed by atoms with van der Waals surface area (Å²) in [4.78, 5) is 25.4. The number of aryl methyl sites for hydroxylation is 1. The molecule has 1 N–H and O–H groups in total. The van der Waals surface area contributed by atoms with Crippen LogP contribution in [-0.4, -0.2) is 31.1 Å². The van der Waals surface area contributed by atoms with E-state index in [1.165, 1.54) is 0 Å². The summed E-state index contributed by atoms with van der Waals surface area (Å²) in [6.45, 7) is 4.43. The summed E-state index contributed by atoms with van der Waals surface area (Å²) >= 11 is 0. The number of nitrogens with zero attached hydrogens (tertiary/aromatic N) is 4. The van der Waals surface area contributed by atoms with Gasteiger partial charge in [0, 0.05) is 18.9 Å². The summed E-state index contributed by atoms with van der Waals surface area (Å²) in [5, 5.41) is 12.2. The molecule has 0 aliphatic heterocycles. The van der Waals surface area contributed by atoms with Crippen molar-refractivity contribution in [3.63, 3.8) is 0 Å². The van der Waals surface area contributed by atoms with Crippen molar-refractivity contribution in [2.45, 2.75) is 45.7 Å². The van der Waals surface area contributed by atoms with Crippen LogP contribution in [0.1, 0.15) is 38.1 Å². The molecule has 4 aromatic rings. The van der Waals surface area contributed by atoms with Crippen LogP contribution in [0.4, 0.5) is 0 Å². The number of aromatic nitrogens is 4. The molecule has 7 heteroatoms. The molecule has 1 amide bonds. The maximum Gasteiger partial charge on any atom is 0.263 e. The van der Waals surface area contributed by atoms with Crippen LogP contribution < -0.4 is 10.9 Å². The van der Waals surface area contributed by atoms with Crippen LogP contribution in [0.25, 0.3) is 16.7 Å². The predicted octanol–water partition coefficient (Wildman–Crippen LogP) is 2.94. The molecule has 0 spiro atoms. The van der Waals surface area contributed by atoms with Crippen LogP contribution in [0.15, 0.2) is 59.4 Å². The standard InChI is InChI=1S/C23H25N5O2/c1-3-16(2)24-21(29)14-13-20-25-26-23-27(15-17-9-5-4-6-10-17)22(30)18-11-7-8-12-19(18)28(20)23/h4-12,16H,3,13-15H2,1-2H3,(H,24,29). The molecule has 0 fully saturated rings. The lowest BCUT2D eigenvalue weighted by Crippen LogP contribution is -2.32. The van der Waals surface area contributed by atoms with Gasteiger partial charge in [0.1, 0.15) is 5.82 Å². The lowest BCUT2D eigenvalue weighted by atomic mass is 10.2. The van der Waals surface area contributed by atoms with Crippen molar-refractivity contribution in [2.75, 3.05) is 0 Å². The Kier molecular flexibility index (Phi) is 5.61. The van der Waals surface area contributed by atoms with Crippen LogP contribution in [-0.2, 0) is 17.8 Å². The fourth-order valence-electron chi connectivity index (χ4n) is 3.56. The number of carbonyl (C=O) groups excluding carboxylic acids is 1. The zero-order valence-corrected chi connectivity index (χ0v) is 17.2. The van der Waals surface area contributed by atoms with Crippen molar-refractivity contribution in [2.24, 2.45) is 0 Å². The zero-order valence-electron chi connectivity index (χ0n) is 17.2. The maximum absolute atomic E-state index is 13.2. The minimum absolute atomic E-state index is 0.0111. The Balaban J connectivity index is 1.77. The quantitative estimate of drug-likeness (QED) is 0.514. The van der Waals surface area contributed by atoms with E-state index in [2.05, 4.69) is 15.5 Å². The van der Waals surface area contributed by atoms with Crippen molar-refractivity contribution in [1.29, 1.82) is 0 Å². The van der Waals surface area contributed by atoms with Gasteiger partial charge in [0.15, 0.2) is 0 Å². The van der Waals surface area contributed by atoms with Crippen molar-refractivity contribution in [3.8, 4) is 0 Å². The van der Waals surface area contributed by atoms with Crippen LogP contribution in [0.5, 0.6) is 0 Å². The Morgan fingerprint density at radius 3 is 2.57 bits per heavy atom. The Morgan fingerprint density at radius 2 is 1.80 bits per heavy atom. The first-order chi connectivity index (χ1) is 14.6. The van der Waals surface area contributed by atoms with Gasteiger partial charge in [-0.1, -0.05) is 49.4 Å². The van der Waals surface area contributed by atoms with Crippen molar-refractivity contribution in [1.82, 2.24) is 24.5 Å². The van der Waals surface area contributed by atoms with Gasteiger partial charge in [-0.25, -0.2) is 0 Å². The van der Waals surface area contributed by atoms with E-state index in [-0.39, 0.29) is 17.5 Å². The van der Waals surface area contributed by atoms with E-state index in [1.54, 1.807) is 4.57 Å². The molecule has 0 saturated heterocycles. The van der Waals surface area contributed by atoms with E-state index in [4.69, 9.17) is 0 Å². The van der Waals surface area contributed by atoms with Crippen molar-refractivity contribution < 1.29 is 4.79 Å². The highest BCUT2D eigenvalue weighted by molar-refractivity contribution is 5.80. The molecule has 0 radical (unpaired) electrons. The van der Waals surface area contributed by atoms with Gasteiger partial charge in [-0.3, -0.25) is 18.6 Å². The molecule has 2 aromatic carbocycles. The van der Waals surface area contributed by atoms with E-state index in [9.17, 15) is 9.59 Å². The molecule has 154 valence electrons. The van der Waals surface area contributed by atoms with Crippen LogP contribution >= 0.6 is 0 Å². The van der Waals surface area contributed by atoms with Crippen LogP contribution in [0, 0.1) is 0 Å². The first-order valence-electron chi connectivity index (χ1n) is 10.3. The Hall–Kier alpha value is -3.48. The van der Waals surface area contributed by atoms with Crippen LogP contribution in [0.3, 0.4) is 0 Å². The molecule has 0 aliphatic carbocycles. The van der Waals surface area contributed by atoms with Gasteiger partial charge in [0.2, 0.25) is 11.7 Å². The number of fused-ring (bicyclic) bond motifs is 3. The molecule has 30 heavy (non-hydrogen) atoms. The van der Waals surface area contributed by atoms with Crippen molar-refractivity contribution in [3.05, 3.63) is 76.3 Å². The highest BCUT2D eigenvalue weighted by Gasteiger charge is 2.17. The number of hydrogen-bond acceptors (Lipinski definition) is 4. The van der Waals surface area contributed by atoms with E-state index in [0.29, 0.717) is 36.4 Å².